The molecule has 0 saturated carbocycles. The van der Waals surface area contributed by atoms with Gasteiger partial charge in [-0.15, -0.1) is 0 Å². The van der Waals surface area contributed by atoms with E-state index in [9.17, 15) is 4.79 Å². The number of hydrogen-bond acceptors (Lipinski definition) is 4. The molecule has 0 unspecified atom stereocenters. The summed E-state index contributed by atoms with van der Waals surface area (Å²) in [4.78, 5) is 16.4. The lowest BCUT2D eigenvalue weighted by atomic mass is 10.2. The summed E-state index contributed by atoms with van der Waals surface area (Å²) in [7, 11) is 1.60. The molecule has 1 aliphatic rings. The lowest BCUT2D eigenvalue weighted by molar-refractivity contribution is 0.412. The van der Waals surface area contributed by atoms with E-state index in [1.54, 1.807) is 17.9 Å². The maximum atomic E-state index is 12.2. The smallest absolute Gasteiger partial charge is 0.346 e. The van der Waals surface area contributed by atoms with Crippen LogP contribution >= 0.6 is 0 Å². The van der Waals surface area contributed by atoms with Gasteiger partial charge in [0, 0.05) is 13.0 Å². The van der Waals surface area contributed by atoms with Gasteiger partial charge in [0.25, 0.3) is 0 Å². The first kappa shape index (κ1) is 12.0. The number of hydrogen-bond donors (Lipinski definition) is 0. The van der Waals surface area contributed by atoms with E-state index >= 15 is 0 Å². The number of aromatic nitrogens is 4. The van der Waals surface area contributed by atoms with Crippen LogP contribution in [0.3, 0.4) is 0 Å². The lowest BCUT2D eigenvalue weighted by Gasteiger charge is -2.09. The molecule has 0 fully saturated rings. The van der Waals surface area contributed by atoms with Crippen molar-refractivity contribution in [3.63, 3.8) is 0 Å². The van der Waals surface area contributed by atoms with Crippen molar-refractivity contribution in [3.05, 3.63) is 40.3 Å². The van der Waals surface area contributed by atoms with Crippen molar-refractivity contribution >= 4 is 0 Å². The van der Waals surface area contributed by atoms with E-state index < -0.39 is 0 Å². The van der Waals surface area contributed by atoms with Crippen LogP contribution < -0.4 is 10.4 Å². The van der Waals surface area contributed by atoms with E-state index in [0.717, 1.165) is 37.3 Å². The molecule has 0 spiro atoms. The third-order valence-electron chi connectivity index (χ3n) is 3.38. The minimum atomic E-state index is -0.0349. The van der Waals surface area contributed by atoms with Gasteiger partial charge in [-0.25, -0.2) is 9.48 Å². The van der Waals surface area contributed by atoms with E-state index in [1.165, 1.54) is 4.68 Å². The molecule has 2 aromatic heterocycles. The first-order valence-electron chi connectivity index (χ1n) is 6.43. The van der Waals surface area contributed by atoms with Crippen LogP contribution in [0.5, 0.6) is 5.75 Å². The topological polar surface area (TPSA) is 61.9 Å². The Morgan fingerprint density at radius 3 is 2.95 bits per heavy atom. The fourth-order valence-electron chi connectivity index (χ4n) is 2.33. The summed E-state index contributed by atoms with van der Waals surface area (Å²) in [6.07, 6.45) is 4.70. The van der Waals surface area contributed by atoms with E-state index in [0.29, 0.717) is 12.3 Å². The first-order valence-corrected chi connectivity index (χ1v) is 6.43. The third-order valence-corrected chi connectivity index (χ3v) is 3.38. The molecule has 6 nitrogen and oxygen atoms in total. The monoisotopic (exact) mass is 260 g/mol. The zero-order valence-corrected chi connectivity index (χ0v) is 10.9. The fourth-order valence-corrected chi connectivity index (χ4v) is 2.33. The van der Waals surface area contributed by atoms with Crippen LogP contribution in [0.2, 0.25) is 0 Å². The predicted molar refractivity (Wildman–Crippen MR) is 69.3 cm³/mol. The number of rotatable bonds is 3. The lowest BCUT2D eigenvalue weighted by Crippen LogP contribution is -2.27. The van der Waals surface area contributed by atoms with Gasteiger partial charge in [-0.05, 0) is 25.0 Å². The second-order valence-electron chi connectivity index (χ2n) is 4.65. The normalized spacial score (nSPS) is 14.2. The standard InChI is InChI=1S/C13H16N4O2/c1-19-11-6-5-10(14-8-11)9-17-13(18)16-7-3-2-4-12(16)15-17/h5-6,8H,2-4,7,9H2,1H3. The summed E-state index contributed by atoms with van der Waals surface area (Å²) in [5, 5.41) is 4.38. The van der Waals surface area contributed by atoms with Crippen LogP contribution in [0.15, 0.2) is 23.1 Å². The molecule has 0 aliphatic carbocycles. The van der Waals surface area contributed by atoms with Crippen molar-refractivity contribution in [2.45, 2.75) is 32.4 Å². The van der Waals surface area contributed by atoms with E-state index in [2.05, 4.69) is 10.1 Å². The van der Waals surface area contributed by atoms with Crippen molar-refractivity contribution in [1.82, 2.24) is 19.3 Å². The summed E-state index contributed by atoms with van der Waals surface area (Å²) in [5.74, 6) is 1.60. The molecular weight excluding hydrogens is 244 g/mol. The van der Waals surface area contributed by atoms with Crippen molar-refractivity contribution in [2.24, 2.45) is 0 Å². The van der Waals surface area contributed by atoms with Crippen molar-refractivity contribution in [1.29, 1.82) is 0 Å². The largest absolute Gasteiger partial charge is 0.495 e. The van der Waals surface area contributed by atoms with Crippen LogP contribution in [-0.2, 0) is 19.5 Å². The Balaban J connectivity index is 1.86. The Bertz CT molecular complexity index is 627. The molecule has 2 aromatic rings. The first-order chi connectivity index (χ1) is 9.28. The minimum Gasteiger partial charge on any atom is -0.495 e. The number of pyridine rings is 1. The molecule has 6 heteroatoms. The summed E-state index contributed by atoms with van der Waals surface area (Å²) in [6.45, 7) is 1.19. The number of methoxy groups -OCH3 is 1. The van der Waals surface area contributed by atoms with Gasteiger partial charge >= 0.3 is 5.69 Å². The summed E-state index contributed by atoms with van der Waals surface area (Å²) < 4.78 is 8.32. The molecule has 0 bridgehead atoms. The molecule has 0 saturated heterocycles. The molecular formula is C13H16N4O2. The highest BCUT2D eigenvalue weighted by molar-refractivity contribution is 5.19. The van der Waals surface area contributed by atoms with Crippen LogP contribution in [-0.4, -0.2) is 26.4 Å². The second-order valence-corrected chi connectivity index (χ2v) is 4.65. The maximum Gasteiger partial charge on any atom is 0.346 e. The molecule has 1 aliphatic heterocycles. The van der Waals surface area contributed by atoms with Crippen LogP contribution in [0, 0.1) is 0 Å². The highest BCUT2D eigenvalue weighted by Crippen LogP contribution is 2.11. The second kappa shape index (κ2) is 4.87. The molecule has 0 amide bonds. The van der Waals surface area contributed by atoms with Crippen LogP contribution in [0.1, 0.15) is 24.4 Å². The van der Waals surface area contributed by atoms with Gasteiger partial charge < -0.3 is 4.74 Å². The number of aryl methyl sites for hydroxylation is 1. The van der Waals surface area contributed by atoms with Gasteiger partial charge in [0.15, 0.2) is 0 Å². The Labute approximate surface area is 110 Å². The average Bonchev–Trinajstić information content (AvgIpc) is 2.77. The molecule has 0 N–H and O–H groups in total. The summed E-state index contributed by atoms with van der Waals surface area (Å²) in [5.41, 5.74) is 0.769. The Kier molecular flexibility index (Phi) is 3.06. The number of fused-ring (bicyclic) bond motifs is 1. The Hall–Kier alpha value is -2.11. The zero-order chi connectivity index (χ0) is 13.2. The maximum absolute atomic E-state index is 12.2. The summed E-state index contributed by atoms with van der Waals surface area (Å²) >= 11 is 0. The highest BCUT2D eigenvalue weighted by Gasteiger charge is 2.16. The molecule has 0 atom stereocenters. The van der Waals surface area contributed by atoms with Crippen molar-refractivity contribution < 1.29 is 4.74 Å². The van der Waals surface area contributed by atoms with Crippen LogP contribution in [0.25, 0.3) is 0 Å². The van der Waals surface area contributed by atoms with Gasteiger partial charge in [0.1, 0.15) is 11.6 Å². The van der Waals surface area contributed by atoms with Gasteiger partial charge in [0.05, 0.1) is 25.5 Å². The third kappa shape index (κ3) is 2.25. The quantitative estimate of drug-likeness (QED) is 0.820. The van der Waals surface area contributed by atoms with Gasteiger partial charge in [0.2, 0.25) is 0 Å². The molecule has 100 valence electrons. The number of nitrogens with zero attached hydrogens (tertiary/aromatic N) is 4. The Morgan fingerprint density at radius 1 is 1.37 bits per heavy atom. The molecule has 3 heterocycles. The van der Waals surface area contributed by atoms with Gasteiger partial charge in [-0.2, -0.15) is 5.10 Å². The van der Waals surface area contributed by atoms with Crippen LogP contribution in [0.4, 0.5) is 0 Å². The molecule has 0 radical (unpaired) electrons. The summed E-state index contributed by atoms with van der Waals surface area (Å²) in [6, 6.07) is 3.69. The average molecular weight is 260 g/mol. The molecule has 0 aromatic carbocycles. The SMILES string of the molecule is COc1ccc(Cn2nc3n(c2=O)CCCC3)nc1. The molecule has 19 heavy (non-hydrogen) atoms. The predicted octanol–water partition coefficient (Wildman–Crippen LogP) is 0.833. The molecule has 3 rings (SSSR count). The van der Waals surface area contributed by atoms with Gasteiger partial charge in [-0.1, -0.05) is 0 Å². The van der Waals surface area contributed by atoms with Crippen molar-refractivity contribution in [2.75, 3.05) is 7.11 Å². The minimum absolute atomic E-state index is 0.0349. The fraction of sp³-hybridized carbons (Fsp3) is 0.462. The zero-order valence-electron chi connectivity index (χ0n) is 10.9. The van der Waals surface area contributed by atoms with Gasteiger partial charge in [-0.3, -0.25) is 9.55 Å². The Morgan fingerprint density at radius 2 is 2.26 bits per heavy atom. The van der Waals surface area contributed by atoms with Crippen molar-refractivity contribution in [3.8, 4) is 5.75 Å². The van der Waals surface area contributed by atoms with E-state index in [-0.39, 0.29) is 5.69 Å². The van der Waals surface area contributed by atoms with E-state index in [4.69, 9.17) is 4.74 Å². The number of ether oxygens (including phenoxy) is 1. The highest BCUT2D eigenvalue weighted by atomic mass is 16.5. The van der Waals surface area contributed by atoms with E-state index in [1.807, 2.05) is 12.1 Å².